The first-order chi connectivity index (χ1) is 9.69. The molecule has 0 spiro atoms. The third kappa shape index (κ3) is 2.23. The lowest BCUT2D eigenvalue weighted by molar-refractivity contribution is 0.101. The average molecular weight is 331 g/mol. The second-order valence-corrected chi connectivity index (χ2v) is 5.18. The summed E-state index contributed by atoms with van der Waals surface area (Å²) in [5, 5.41) is 0.894. The third-order valence-electron chi connectivity index (χ3n) is 3.05. The SMILES string of the molecule is COc1cccc(C(=O)c2cc3cccc(Br)c3o2)c1. The zero-order chi connectivity index (χ0) is 14.1. The van der Waals surface area contributed by atoms with Gasteiger partial charge in [-0.2, -0.15) is 0 Å². The van der Waals surface area contributed by atoms with Crippen molar-refractivity contribution in [3.8, 4) is 5.75 Å². The summed E-state index contributed by atoms with van der Waals surface area (Å²) >= 11 is 3.41. The second-order valence-electron chi connectivity index (χ2n) is 4.33. The molecule has 3 aromatic rings. The molecule has 0 aliphatic heterocycles. The molecule has 0 saturated carbocycles. The van der Waals surface area contributed by atoms with Crippen molar-refractivity contribution in [3.63, 3.8) is 0 Å². The van der Waals surface area contributed by atoms with Crippen LogP contribution >= 0.6 is 15.9 Å². The van der Waals surface area contributed by atoms with Crippen LogP contribution in [0.1, 0.15) is 16.1 Å². The lowest BCUT2D eigenvalue weighted by atomic mass is 10.1. The molecular formula is C16H11BrO3. The van der Waals surface area contributed by atoms with Crippen LogP contribution < -0.4 is 4.74 Å². The third-order valence-corrected chi connectivity index (χ3v) is 3.68. The number of benzene rings is 2. The van der Waals surface area contributed by atoms with Crippen molar-refractivity contribution in [2.45, 2.75) is 0 Å². The number of hydrogen-bond donors (Lipinski definition) is 0. The number of halogens is 1. The molecule has 0 aliphatic rings. The summed E-state index contributed by atoms with van der Waals surface area (Å²) in [5.74, 6) is 0.806. The Labute approximate surface area is 124 Å². The van der Waals surface area contributed by atoms with Gasteiger partial charge in [-0.25, -0.2) is 0 Å². The Hall–Kier alpha value is -2.07. The monoisotopic (exact) mass is 330 g/mol. The molecule has 0 amide bonds. The summed E-state index contributed by atoms with van der Waals surface area (Å²) in [6, 6.07) is 14.5. The van der Waals surface area contributed by atoms with Crippen molar-refractivity contribution in [1.82, 2.24) is 0 Å². The molecule has 4 heteroatoms. The van der Waals surface area contributed by atoms with Crippen molar-refractivity contribution in [1.29, 1.82) is 0 Å². The maximum atomic E-state index is 12.4. The van der Waals surface area contributed by atoms with Gasteiger partial charge < -0.3 is 9.15 Å². The van der Waals surface area contributed by atoms with E-state index < -0.39 is 0 Å². The van der Waals surface area contributed by atoms with Gasteiger partial charge in [0.05, 0.1) is 11.6 Å². The molecule has 0 aliphatic carbocycles. The van der Waals surface area contributed by atoms with E-state index in [1.807, 2.05) is 18.2 Å². The largest absolute Gasteiger partial charge is 0.497 e. The Kier molecular flexibility index (Phi) is 3.32. The summed E-state index contributed by atoms with van der Waals surface area (Å²) in [4.78, 5) is 12.4. The van der Waals surface area contributed by atoms with Crippen molar-refractivity contribution in [3.05, 3.63) is 64.3 Å². The summed E-state index contributed by atoms with van der Waals surface area (Å²) in [6.07, 6.45) is 0. The smallest absolute Gasteiger partial charge is 0.228 e. The fraction of sp³-hybridized carbons (Fsp3) is 0.0625. The first kappa shape index (κ1) is 12.9. The average Bonchev–Trinajstić information content (AvgIpc) is 2.92. The lowest BCUT2D eigenvalue weighted by Gasteiger charge is -2.01. The first-order valence-electron chi connectivity index (χ1n) is 6.06. The quantitative estimate of drug-likeness (QED) is 0.666. The molecule has 0 unspecified atom stereocenters. The Morgan fingerprint density at radius 3 is 2.70 bits per heavy atom. The van der Waals surface area contributed by atoms with Crippen LogP contribution in [0.3, 0.4) is 0 Å². The summed E-state index contributed by atoms with van der Waals surface area (Å²) in [7, 11) is 1.57. The molecule has 20 heavy (non-hydrogen) atoms. The van der Waals surface area contributed by atoms with Gasteiger partial charge >= 0.3 is 0 Å². The number of furan rings is 1. The Balaban J connectivity index is 2.05. The number of para-hydroxylation sites is 1. The van der Waals surface area contributed by atoms with Crippen LogP contribution in [0.5, 0.6) is 5.75 Å². The summed E-state index contributed by atoms with van der Waals surface area (Å²) < 4.78 is 11.6. The van der Waals surface area contributed by atoms with E-state index in [0.717, 1.165) is 9.86 Å². The van der Waals surface area contributed by atoms with Gasteiger partial charge in [-0.05, 0) is 40.2 Å². The van der Waals surface area contributed by atoms with Gasteiger partial charge in [0.25, 0.3) is 0 Å². The van der Waals surface area contributed by atoms with Gasteiger partial charge in [0.1, 0.15) is 11.3 Å². The minimum Gasteiger partial charge on any atom is -0.497 e. The Morgan fingerprint density at radius 1 is 1.15 bits per heavy atom. The Morgan fingerprint density at radius 2 is 1.95 bits per heavy atom. The second kappa shape index (κ2) is 5.13. The van der Waals surface area contributed by atoms with Gasteiger partial charge in [0.2, 0.25) is 5.78 Å². The van der Waals surface area contributed by atoms with Gasteiger partial charge in [-0.15, -0.1) is 0 Å². The van der Waals surface area contributed by atoms with Crippen LogP contribution in [-0.2, 0) is 0 Å². The van der Waals surface area contributed by atoms with Crippen LogP contribution in [-0.4, -0.2) is 12.9 Å². The normalized spacial score (nSPS) is 10.7. The minimum atomic E-state index is -0.160. The zero-order valence-corrected chi connectivity index (χ0v) is 12.3. The maximum Gasteiger partial charge on any atom is 0.228 e. The van der Waals surface area contributed by atoms with Crippen LogP contribution in [0.2, 0.25) is 0 Å². The topological polar surface area (TPSA) is 39.4 Å². The molecule has 1 aromatic heterocycles. The molecule has 3 rings (SSSR count). The van der Waals surface area contributed by atoms with Crippen LogP contribution in [0, 0.1) is 0 Å². The van der Waals surface area contributed by atoms with Crippen molar-refractivity contribution in [2.24, 2.45) is 0 Å². The Bertz CT molecular complexity index is 789. The molecule has 0 N–H and O–H groups in total. The van der Waals surface area contributed by atoms with Gasteiger partial charge in [-0.3, -0.25) is 4.79 Å². The van der Waals surface area contributed by atoms with Crippen molar-refractivity contribution < 1.29 is 13.9 Å². The highest BCUT2D eigenvalue weighted by atomic mass is 79.9. The number of rotatable bonds is 3. The number of ketones is 1. The highest BCUT2D eigenvalue weighted by Crippen LogP contribution is 2.28. The highest BCUT2D eigenvalue weighted by molar-refractivity contribution is 9.10. The molecule has 0 bridgehead atoms. The molecule has 2 aromatic carbocycles. The summed E-state index contributed by atoms with van der Waals surface area (Å²) in [5.41, 5.74) is 1.22. The lowest BCUT2D eigenvalue weighted by Crippen LogP contribution is -1.99. The van der Waals surface area contributed by atoms with Gasteiger partial charge in [0, 0.05) is 10.9 Å². The van der Waals surface area contributed by atoms with Crippen LogP contribution in [0.4, 0.5) is 0 Å². The predicted octanol–water partition coefficient (Wildman–Crippen LogP) is 4.43. The maximum absolute atomic E-state index is 12.4. The number of ether oxygens (including phenoxy) is 1. The first-order valence-corrected chi connectivity index (χ1v) is 6.85. The van der Waals surface area contributed by atoms with E-state index >= 15 is 0 Å². The van der Waals surface area contributed by atoms with E-state index in [9.17, 15) is 4.79 Å². The van der Waals surface area contributed by atoms with E-state index in [1.54, 1.807) is 37.4 Å². The number of hydrogen-bond acceptors (Lipinski definition) is 3. The number of methoxy groups -OCH3 is 1. The van der Waals surface area contributed by atoms with E-state index in [2.05, 4.69) is 15.9 Å². The molecule has 3 nitrogen and oxygen atoms in total. The highest BCUT2D eigenvalue weighted by Gasteiger charge is 2.16. The van der Waals surface area contributed by atoms with Crippen LogP contribution in [0.25, 0.3) is 11.0 Å². The van der Waals surface area contributed by atoms with E-state index in [1.165, 1.54) is 0 Å². The zero-order valence-electron chi connectivity index (χ0n) is 10.7. The van der Waals surface area contributed by atoms with E-state index in [4.69, 9.17) is 9.15 Å². The van der Waals surface area contributed by atoms with Gasteiger partial charge in [0.15, 0.2) is 5.76 Å². The molecular weight excluding hydrogens is 320 g/mol. The number of carbonyl (C=O) groups is 1. The number of carbonyl (C=O) groups excluding carboxylic acids is 1. The van der Waals surface area contributed by atoms with E-state index in [0.29, 0.717) is 22.7 Å². The van der Waals surface area contributed by atoms with Gasteiger partial charge in [-0.1, -0.05) is 24.3 Å². The molecule has 100 valence electrons. The fourth-order valence-electron chi connectivity index (χ4n) is 2.05. The van der Waals surface area contributed by atoms with E-state index in [-0.39, 0.29) is 5.78 Å². The molecule has 0 saturated heterocycles. The summed E-state index contributed by atoms with van der Waals surface area (Å²) in [6.45, 7) is 0. The standard InChI is InChI=1S/C16H11BrO3/c1-19-12-6-2-4-10(8-12)15(18)14-9-11-5-3-7-13(17)16(11)20-14/h2-9H,1H3. The van der Waals surface area contributed by atoms with Crippen LogP contribution in [0.15, 0.2) is 57.4 Å². The van der Waals surface area contributed by atoms with Crippen molar-refractivity contribution in [2.75, 3.05) is 7.11 Å². The van der Waals surface area contributed by atoms with Crippen molar-refractivity contribution >= 4 is 32.7 Å². The predicted molar refractivity (Wildman–Crippen MR) is 80.3 cm³/mol. The minimum absolute atomic E-state index is 0.160. The fourth-order valence-corrected chi connectivity index (χ4v) is 2.51. The molecule has 1 heterocycles. The molecule has 0 radical (unpaired) electrons. The molecule has 0 fully saturated rings. The number of fused-ring (bicyclic) bond motifs is 1. The molecule has 0 atom stereocenters.